The van der Waals surface area contributed by atoms with Gasteiger partial charge in [0.25, 0.3) is 11.5 Å². The van der Waals surface area contributed by atoms with Crippen molar-refractivity contribution in [3.63, 3.8) is 0 Å². The number of thiophene rings is 1. The summed E-state index contributed by atoms with van der Waals surface area (Å²) in [4.78, 5) is 57.6. The molecule has 2 aliphatic heterocycles. The van der Waals surface area contributed by atoms with Gasteiger partial charge in [-0.3, -0.25) is 19.2 Å². The number of carbonyl (C=O) groups is 3. The van der Waals surface area contributed by atoms with Crippen LogP contribution in [0.2, 0.25) is 0 Å². The van der Waals surface area contributed by atoms with E-state index < -0.39 is 50.4 Å². The van der Waals surface area contributed by atoms with Crippen LogP contribution in [0.15, 0.2) is 69.8 Å². The first-order valence-corrected chi connectivity index (χ1v) is 16.0. The fourth-order valence-electron chi connectivity index (χ4n) is 6.40. The molecule has 3 aromatic rings. The number of fused-ring (bicyclic) bond motifs is 1. The zero-order chi connectivity index (χ0) is 28.8. The highest BCUT2D eigenvalue weighted by Gasteiger charge is 2.57. The third kappa shape index (κ3) is 4.83. The molecule has 0 radical (unpaired) electrons. The van der Waals surface area contributed by atoms with Crippen molar-refractivity contribution in [2.75, 3.05) is 13.1 Å². The van der Waals surface area contributed by atoms with E-state index in [1.165, 1.54) is 23.2 Å². The number of carbonyl (C=O) groups excluding carboxylic acids is 3. The molecule has 6 rings (SSSR count). The van der Waals surface area contributed by atoms with Gasteiger partial charge in [0.15, 0.2) is 5.78 Å². The van der Waals surface area contributed by atoms with E-state index in [0.29, 0.717) is 18.4 Å². The lowest BCUT2D eigenvalue weighted by Crippen LogP contribution is -2.62. The van der Waals surface area contributed by atoms with E-state index >= 15 is 0 Å². The molecular formula is C29H30N4O6S2. The molecule has 2 unspecified atom stereocenters. The lowest BCUT2D eigenvalue weighted by atomic mass is 9.80. The van der Waals surface area contributed by atoms with Crippen LogP contribution in [0.4, 0.5) is 0 Å². The van der Waals surface area contributed by atoms with Crippen LogP contribution in [0, 0.1) is 0 Å². The Morgan fingerprint density at radius 3 is 2.44 bits per heavy atom. The Morgan fingerprint density at radius 1 is 1.00 bits per heavy atom. The molecule has 0 bridgehead atoms. The van der Waals surface area contributed by atoms with Crippen LogP contribution < -0.4 is 10.9 Å². The van der Waals surface area contributed by atoms with Crippen LogP contribution in [-0.2, 0) is 19.6 Å². The summed E-state index contributed by atoms with van der Waals surface area (Å²) in [5, 5.41) is 5.02. The smallest absolute Gasteiger partial charge is 0.268 e. The van der Waals surface area contributed by atoms with Gasteiger partial charge < -0.3 is 15.2 Å². The van der Waals surface area contributed by atoms with Crippen molar-refractivity contribution in [1.29, 1.82) is 0 Å². The Labute approximate surface area is 241 Å². The van der Waals surface area contributed by atoms with Crippen LogP contribution >= 0.6 is 11.3 Å². The number of amides is 2. The molecule has 2 N–H and O–H groups in total. The van der Waals surface area contributed by atoms with Crippen LogP contribution in [0.25, 0.3) is 10.4 Å². The number of rotatable bonds is 6. The molecule has 2 aromatic heterocycles. The predicted octanol–water partition coefficient (Wildman–Crippen LogP) is 2.78. The van der Waals surface area contributed by atoms with Gasteiger partial charge in [0.2, 0.25) is 15.9 Å². The predicted molar refractivity (Wildman–Crippen MR) is 153 cm³/mol. The van der Waals surface area contributed by atoms with Gasteiger partial charge in [0.05, 0.1) is 12.6 Å². The quantitative estimate of drug-likeness (QED) is 0.451. The summed E-state index contributed by atoms with van der Waals surface area (Å²) < 4.78 is 27.8. The van der Waals surface area contributed by atoms with Crippen LogP contribution in [-0.4, -0.2) is 70.9 Å². The summed E-state index contributed by atoms with van der Waals surface area (Å²) in [5.74, 6) is -1.10. The third-order valence-corrected chi connectivity index (χ3v) is 11.2. The number of aromatic nitrogens is 1. The highest BCUT2D eigenvalue weighted by atomic mass is 32.2. The van der Waals surface area contributed by atoms with Crippen molar-refractivity contribution in [2.45, 2.75) is 61.0 Å². The highest BCUT2D eigenvalue weighted by molar-refractivity contribution is 7.89. The number of hydrogen-bond acceptors (Lipinski definition) is 7. The van der Waals surface area contributed by atoms with Crippen LogP contribution in [0.1, 0.15) is 48.9 Å². The molecule has 1 saturated carbocycles. The standard InChI is InChI=1S/C29H30N4O6S2/c34-22-18-33(41(38,39)24-7-4-15-30-27(24)36)21-12-16-32(25(21)22)28(37)29(13-2-1-3-14-29)31-26(35)20-10-8-19(9-11-20)23-6-5-17-40-23/h4-11,15,17,21,25H,1-3,12-14,16,18H2,(H,30,36)(H,31,35). The molecular weight excluding hydrogens is 564 g/mol. The molecule has 2 amide bonds. The average molecular weight is 595 g/mol. The molecule has 1 aromatic carbocycles. The Kier molecular flexibility index (Phi) is 7.16. The number of hydrogen-bond donors (Lipinski definition) is 2. The van der Waals surface area contributed by atoms with E-state index in [1.807, 2.05) is 29.6 Å². The largest absolute Gasteiger partial charge is 0.338 e. The molecule has 3 fully saturated rings. The van der Waals surface area contributed by atoms with E-state index in [4.69, 9.17) is 0 Å². The molecule has 2 atom stereocenters. The van der Waals surface area contributed by atoms with Gasteiger partial charge in [0.1, 0.15) is 16.5 Å². The van der Waals surface area contributed by atoms with Crippen molar-refractivity contribution in [1.82, 2.24) is 19.5 Å². The number of nitrogens with one attached hydrogen (secondary N) is 2. The number of pyridine rings is 1. The monoisotopic (exact) mass is 594 g/mol. The Morgan fingerprint density at radius 2 is 1.76 bits per heavy atom. The topological polar surface area (TPSA) is 137 Å². The number of Topliss-reactive ketones (excluding diaryl/α,β-unsaturated/α-hetero) is 1. The van der Waals surface area contributed by atoms with Crippen LogP contribution in [0.3, 0.4) is 0 Å². The maximum absolute atomic E-state index is 14.2. The number of benzene rings is 1. The van der Waals surface area contributed by atoms with E-state index in [2.05, 4.69) is 10.3 Å². The summed E-state index contributed by atoms with van der Waals surface area (Å²) in [6.07, 6.45) is 4.91. The minimum absolute atomic E-state index is 0.185. The van der Waals surface area contributed by atoms with Gasteiger partial charge in [0, 0.05) is 23.2 Å². The van der Waals surface area contributed by atoms with Crippen molar-refractivity contribution < 1.29 is 22.8 Å². The van der Waals surface area contributed by atoms with Gasteiger partial charge in [-0.1, -0.05) is 37.5 Å². The maximum Gasteiger partial charge on any atom is 0.268 e. The minimum atomic E-state index is -4.26. The number of sulfonamides is 1. The lowest BCUT2D eigenvalue weighted by molar-refractivity contribution is -0.143. The molecule has 1 aliphatic carbocycles. The summed E-state index contributed by atoms with van der Waals surface area (Å²) in [6, 6.07) is 12.1. The number of ketones is 1. The fraction of sp³-hybridized carbons (Fsp3) is 0.379. The first kappa shape index (κ1) is 27.6. The summed E-state index contributed by atoms with van der Waals surface area (Å²) >= 11 is 1.61. The van der Waals surface area contributed by atoms with E-state index in [1.54, 1.807) is 23.5 Å². The zero-order valence-corrected chi connectivity index (χ0v) is 23.9. The van der Waals surface area contributed by atoms with E-state index in [9.17, 15) is 27.6 Å². The van der Waals surface area contributed by atoms with Gasteiger partial charge in [-0.05, 0) is 60.5 Å². The number of aromatic amines is 1. The Bertz CT molecular complexity index is 1640. The second-order valence-corrected chi connectivity index (χ2v) is 13.6. The SMILES string of the molecule is O=C(NC1(C(=O)N2CCC3C2C(=O)CN3S(=O)(=O)c2ccc[nH]c2=O)CCCCC1)c1ccc(-c2cccs2)cc1. The summed E-state index contributed by atoms with van der Waals surface area (Å²) in [5.41, 5.74) is -0.508. The van der Waals surface area contributed by atoms with E-state index in [-0.39, 0.29) is 24.8 Å². The van der Waals surface area contributed by atoms with E-state index in [0.717, 1.165) is 34.0 Å². The van der Waals surface area contributed by atoms with Gasteiger partial charge in [-0.2, -0.15) is 4.31 Å². The molecule has 10 nitrogen and oxygen atoms in total. The Balaban J connectivity index is 1.24. The molecule has 3 aliphatic rings. The fourth-order valence-corrected chi connectivity index (χ4v) is 8.80. The van der Waals surface area contributed by atoms with Crippen molar-refractivity contribution >= 4 is 39.0 Å². The molecule has 12 heteroatoms. The minimum Gasteiger partial charge on any atom is -0.338 e. The normalized spacial score (nSPS) is 22.4. The highest BCUT2D eigenvalue weighted by Crippen LogP contribution is 2.38. The second-order valence-electron chi connectivity index (χ2n) is 10.8. The first-order chi connectivity index (χ1) is 19.7. The van der Waals surface area contributed by atoms with Gasteiger partial charge >= 0.3 is 0 Å². The molecule has 4 heterocycles. The summed E-state index contributed by atoms with van der Waals surface area (Å²) in [7, 11) is -4.26. The Hall–Kier alpha value is -3.61. The van der Waals surface area contributed by atoms with Crippen molar-refractivity contribution in [2.24, 2.45) is 0 Å². The van der Waals surface area contributed by atoms with Crippen molar-refractivity contribution in [3.8, 4) is 10.4 Å². The molecule has 0 spiro atoms. The average Bonchev–Trinajstić information content (AvgIpc) is 3.73. The summed E-state index contributed by atoms with van der Waals surface area (Å²) in [6.45, 7) is -0.226. The molecule has 214 valence electrons. The number of nitrogens with zero attached hydrogens (tertiary/aromatic N) is 2. The van der Waals surface area contributed by atoms with Crippen LogP contribution in [0.5, 0.6) is 0 Å². The number of H-pyrrole nitrogens is 1. The molecule has 41 heavy (non-hydrogen) atoms. The second kappa shape index (κ2) is 10.7. The zero-order valence-electron chi connectivity index (χ0n) is 22.2. The van der Waals surface area contributed by atoms with Crippen molar-refractivity contribution in [3.05, 3.63) is 76.0 Å². The van der Waals surface area contributed by atoms with Gasteiger partial charge in [-0.15, -0.1) is 11.3 Å². The van der Waals surface area contributed by atoms with Gasteiger partial charge in [-0.25, -0.2) is 8.42 Å². The first-order valence-electron chi connectivity index (χ1n) is 13.7. The maximum atomic E-state index is 14.2. The lowest BCUT2D eigenvalue weighted by Gasteiger charge is -2.40. The third-order valence-electron chi connectivity index (χ3n) is 8.43. The molecule has 2 saturated heterocycles. The number of likely N-dealkylation sites (tertiary alicyclic amines) is 1.